The zero-order valence-corrected chi connectivity index (χ0v) is 14.3. The number of benzene rings is 2. The highest BCUT2D eigenvalue weighted by Gasteiger charge is 2.23. The highest BCUT2D eigenvalue weighted by molar-refractivity contribution is 5.39. The molecule has 1 aromatic heterocycles. The van der Waals surface area contributed by atoms with Gasteiger partial charge in [0, 0.05) is 18.5 Å². The fraction of sp³-hybridized carbons (Fsp3) is 0.250. The minimum Gasteiger partial charge on any atom is -0.329 e. The van der Waals surface area contributed by atoms with E-state index in [1.807, 2.05) is 36.4 Å². The van der Waals surface area contributed by atoms with Crippen molar-refractivity contribution in [3.8, 4) is 5.69 Å². The van der Waals surface area contributed by atoms with E-state index in [-0.39, 0.29) is 12.5 Å². The van der Waals surface area contributed by atoms with Crippen molar-refractivity contribution in [3.63, 3.8) is 0 Å². The van der Waals surface area contributed by atoms with Gasteiger partial charge < -0.3 is 5.73 Å². The SMILES string of the molecule is CC(C)c1cc(C(CN)c2ccc(F)cc2F)n(-c2ccccc2)n1. The molecule has 0 bridgehead atoms. The molecule has 3 rings (SSSR count). The van der Waals surface area contributed by atoms with Gasteiger partial charge in [-0.25, -0.2) is 13.5 Å². The van der Waals surface area contributed by atoms with Gasteiger partial charge in [-0.3, -0.25) is 0 Å². The largest absolute Gasteiger partial charge is 0.329 e. The van der Waals surface area contributed by atoms with Crippen LogP contribution in [0.3, 0.4) is 0 Å². The van der Waals surface area contributed by atoms with Crippen LogP contribution in [0.25, 0.3) is 5.69 Å². The molecule has 2 N–H and O–H groups in total. The smallest absolute Gasteiger partial charge is 0.130 e. The Kier molecular flexibility index (Phi) is 4.95. The quantitative estimate of drug-likeness (QED) is 0.749. The Bertz CT molecular complexity index is 857. The van der Waals surface area contributed by atoms with E-state index in [0.717, 1.165) is 23.1 Å². The third kappa shape index (κ3) is 3.46. The Labute approximate surface area is 146 Å². The van der Waals surface area contributed by atoms with Crippen molar-refractivity contribution in [2.24, 2.45) is 5.73 Å². The summed E-state index contributed by atoms with van der Waals surface area (Å²) in [7, 11) is 0. The lowest BCUT2D eigenvalue weighted by atomic mass is 9.94. The zero-order valence-electron chi connectivity index (χ0n) is 14.3. The lowest BCUT2D eigenvalue weighted by Gasteiger charge is -2.18. The molecule has 0 spiro atoms. The summed E-state index contributed by atoms with van der Waals surface area (Å²) >= 11 is 0. The first kappa shape index (κ1) is 17.3. The summed E-state index contributed by atoms with van der Waals surface area (Å²) in [4.78, 5) is 0. The minimum absolute atomic E-state index is 0.193. The van der Waals surface area contributed by atoms with Gasteiger partial charge in [-0.1, -0.05) is 38.1 Å². The van der Waals surface area contributed by atoms with Crippen LogP contribution < -0.4 is 5.73 Å². The van der Waals surface area contributed by atoms with Crippen LogP contribution in [-0.2, 0) is 0 Å². The monoisotopic (exact) mass is 341 g/mol. The number of rotatable bonds is 5. The number of hydrogen-bond acceptors (Lipinski definition) is 2. The van der Waals surface area contributed by atoms with Gasteiger partial charge in [0.2, 0.25) is 0 Å². The lowest BCUT2D eigenvalue weighted by Crippen LogP contribution is -2.19. The van der Waals surface area contributed by atoms with Gasteiger partial charge in [0.15, 0.2) is 0 Å². The standard InChI is InChI=1S/C20H21F2N3/c1-13(2)19-11-20(25(24-19)15-6-4-3-5-7-15)17(12-23)16-9-8-14(21)10-18(16)22/h3-11,13,17H,12,23H2,1-2H3. The van der Waals surface area contributed by atoms with E-state index in [0.29, 0.717) is 5.56 Å². The van der Waals surface area contributed by atoms with Crippen molar-refractivity contribution in [2.75, 3.05) is 6.54 Å². The lowest BCUT2D eigenvalue weighted by molar-refractivity contribution is 0.560. The second-order valence-corrected chi connectivity index (χ2v) is 6.35. The first-order valence-electron chi connectivity index (χ1n) is 8.31. The summed E-state index contributed by atoms with van der Waals surface area (Å²) in [5.74, 6) is -1.39. The van der Waals surface area contributed by atoms with Gasteiger partial charge in [0.05, 0.1) is 17.1 Å². The van der Waals surface area contributed by atoms with Gasteiger partial charge in [0.1, 0.15) is 11.6 Å². The first-order chi connectivity index (χ1) is 12.0. The third-order valence-electron chi connectivity index (χ3n) is 4.28. The van der Waals surface area contributed by atoms with E-state index < -0.39 is 17.6 Å². The predicted molar refractivity (Wildman–Crippen MR) is 94.9 cm³/mol. The molecule has 25 heavy (non-hydrogen) atoms. The molecule has 3 nitrogen and oxygen atoms in total. The Morgan fingerprint density at radius 1 is 1.04 bits per heavy atom. The molecule has 2 aromatic carbocycles. The van der Waals surface area contributed by atoms with Crippen LogP contribution in [0.15, 0.2) is 54.6 Å². The normalized spacial score (nSPS) is 12.6. The molecular weight excluding hydrogens is 320 g/mol. The molecule has 130 valence electrons. The molecule has 0 radical (unpaired) electrons. The van der Waals surface area contributed by atoms with Crippen LogP contribution in [-0.4, -0.2) is 16.3 Å². The van der Waals surface area contributed by atoms with Gasteiger partial charge in [-0.05, 0) is 35.7 Å². The van der Waals surface area contributed by atoms with E-state index >= 15 is 0 Å². The number of halogens is 2. The fourth-order valence-electron chi connectivity index (χ4n) is 2.91. The fourth-order valence-corrected chi connectivity index (χ4v) is 2.91. The average Bonchev–Trinajstić information content (AvgIpc) is 3.03. The van der Waals surface area contributed by atoms with Crippen LogP contribution >= 0.6 is 0 Å². The Hall–Kier alpha value is -2.53. The van der Waals surface area contributed by atoms with Crippen LogP contribution in [0.2, 0.25) is 0 Å². The molecular formula is C20H21F2N3. The van der Waals surface area contributed by atoms with Gasteiger partial charge in [0.25, 0.3) is 0 Å². The predicted octanol–water partition coefficient (Wildman–Crippen LogP) is 4.36. The van der Waals surface area contributed by atoms with Crippen molar-refractivity contribution in [1.82, 2.24) is 9.78 Å². The topological polar surface area (TPSA) is 43.8 Å². The molecule has 0 fully saturated rings. The van der Waals surface area contributed by atoms with Gasteiger partial charge in [-0.15, -0.1) is 0 Å². The van der Waals surface area contributed by atoms with Crippen molar-refractivity contribution >= 4 is 0 Å². The number of hydrogen-bond donors (Lipinski definition) is 1. The van der Waals surface area contributed by atoms with E-state index in [1.54, 1.807) is 4.68 Å². The van der Waals surface area contributed by atoms with Crippen LogP contribution in [0, 0.1) is 11.6 Å². The van der Waals surface area contributed by atoms with E-state index in [2.05, 4.69) is 18.9 Å². The number of aromatic nitrogens is 2. The van der Waals surface area contributed by atoms with Gasteiger partial charge >= 0.3 is 0 Å². The molecule has 5 heteroatoms. The van der Waals surface area contributed by atoms with Gasteiger partial charge in [-0.2, -0.15) is 5.10 Å². The zero-order chi connectivity index (χ0) is 18.0. The molecule has 0 saturated heterocycles. The summed E-state index contributed by atoms with van der Waals surface area (Å²) in [6, 6.07) is 15.2. The van der Waals surface area contributed by atoms with E-state index in [9.17, 15) is 8.78 Å². The summed E-state index contributed by atoms with van der Waals surface area (Å²) in [5.41, 5.74) is 8.92. The summed E-state index contributed by atoms with van der Waals surface area (Å²) < 4.78 is 29.4. The Morgan fingerprint density at radius 3 is 2.36 bits per heavy atom. The highest BCUT2D eigenvalue weighted by Crippen LogP contribution is 2.30. The maximum atomic E-state index is 14.3. The number of para-hydroxylation sites is 1. The Morgan fingerprint density at radius 2 is 1.76 bits per heavy atom. The van der Waals surface area contributed by atoms with Crippen molar-refractivity contribution in [3.05, 3.63) is 83.2 Å². The third-order valence-corrected chi connectivity index (χ3v) is 4.28. The second kappa shape index (κ2) is 7.15. The van der Waals surface area contributed by atoms with Crippen LogP contribution in [0.1, 0.15) is 42.6 Å². The average molecular weight is 341 g/mol. The molecule has 1 unspecified atom stereocenters. The molecule has 0 aliphatic carbocycles. The maximum absolute atomic E-state index is 14.3. The van der Waals surface area contributed by atoms with E-state index in [1.165, 1.54) is 12.1 Å². The molecule has 0 amide bonds. The molecule has 1 atom stereocenters. The van der Waals surface area contributed by atoms with Crippen molar-refractivity contribution in [2.45, 2.75) is 25.7 Å². The molecule has 1 heterocycles. The summed E-state index contributed by atoms with van der Waals surface area (Å²) in [6.45, 7) is 4.30. The maximum Gasteiger partial charge on any atom is 0.130 e. The van der Waals surface area contributed by atoms with E-state index in [4.69, 9.17) is 5.73 Å². The Balaban J connectivity index is 2.16. The molecule has 0 saturated carbocycles. The van der Waals surface area contributed by atoms with Crippen LogP contribution in [0.4, 0.5) is 8.78 Å². The first-order valence-corrected chi connectivity index (χ1v) is 8.31. The number of nitrogens with zero attached hydrogens (tertiary/aromatic N) is 2. The highest BCUT2D eigenvalue weighted by atomic mass is 19.1. The molecule has 0 aliphatic heterocycles. The van der Waals surface area contributed by atoms with Crippen LogP contribution in [0.5, 0.6) is 0 Å². The summed E-state index contributed by atoms with van der Waals surface area (Å²) in [5, 5.41) is 4.69. The molecule has 0 aliphatic rings. The second-order valence-electron chi connectivity index (χ2n) is 6.35. The van der Waals surface area contributed by atoms with Crippen molar-refractivity contribution < 1.29 is 8.78 Å². The minimum atomic E-state index is -0.601. The summed E-state index contributed by atoms with van der Waals surface area (Å²) in [6.07, 6.45) is 0. The molecule has 3 aromatic rings. The van der Waals surface area contributed by atoms with Crippen molar-refractivity contribution in [1.29, 1.82) is 0 Å². The number of nitrogens with two attached hydrogens (primary N) is 1.